The van der Waals surface area contributed by atoms with Crippen LogP contribution in [0.2, 0.25) is 0 Å². The van der Waals surface area contributed by atoms with E-state index in [1.807, 2.05) is 0 Å². The molecule has 2 aliphatic heterocycles. The van der Waals surface area contributed by atoms with Crippen LogP contribution in [0.15, 0.2) is 12.1 Å². The van der Waals surface area contributed by atoms with Gasteiger partial charge >= 0.3 is 0 Å². The van der Waals surface area contributed by atoms with Crippen molar-refractivity contribution in [1.82, 2.24) is 10.2 Å². The van der Waals surface area contributed by atoms with Crippen molar-refractivity contribution in [1.29, 1.82) is 0 Å². The van der Waals surface area contributed by atoms with Gasteiger partial charge in [-0.15, -0.1) is 11.3 Å². The monoisotopic (exact) mass is 388 g/mol. The third-order valence-electron chi connectivity index (χ3n) is 6.25. The number of carbonyl (C=O) groups is 1. The zero-order valence-electron chi connectivity index (χ0n) is 14.8. The second-order valence-electron chi connectivity index (χ2n) is 8.52. The van der Waals surface area contributed by atoms with Gasteiger partial charge in [-0.25, -0.2) is 4.39 Å². The lowest BCUT2D eigenvalue weighted by Gasteiger charge is -2.46. The molecule has 4 aliphatic rings. The number of fused-ring (bicyclic) bond motifs is 1. The van der Waals surface area contributed by atoms with Crippen LogP contribution in [0.1, 0.15) is 58.3 Å². The van der Waals surface area contributed by atoms with Crippen molar-refractivity contribution in [3.8, 4) is 0 Å². The molecule has 1 aromatic carbocycles. The molecule has 6 rings (SSSR count). The number of hydrogen-bond donors (Lipinski definition) is 2. The number of amides is 1. The summed E-state index contributed by atoms with van der Waals surface area (Å²) in [5.74, 6) is 0.619. The highest BCUT2D eigenvalue weighted by Crippen LogP contribution is 2.51. The molecular weight excluding hydrogens is 367 g/mol. The van der Waals surface area contributed by atoms with Crippen LogP contribution in [0, 0.1) is 5.82 Å². The van der Waals surface area contributed by atoms with Crippen molar-refractivity contribution >= 4 is 27.3 Å². The molecule has 27 heavy (non-hydrogen) atoms. The lowest BCUT2D eigenvalue weighted by atomic mass is 9.91. The Hall–Kier alpha value is -1.54. The van der Waals surface area contributed by atoms with Crippen LogP contribution in [-0.4, -0.2) is 47.6 Å². The fraction of sp³-hybridized carbons (Fsp3) is 0.550. The van der Waals surface area contributed by atoms with Crippen molar-refractivity contribution in [2.45, 2.75) is 49.5 Å². The van der Waals surface area contributed by atoms with Gasteiger partial charge in [-0.2, -0.15) is 0 Å². The average molecular weight is 388 g/mol. The number of rotatable bonds is 3. The molecule has 2 saturated heterocycles. The highest BCUT2D eigenvalue weighted by Gasteiger charge is 2.51. The van der Waals surface area contributed by atoms with E-state index in [2.05, 4.69) is 11.4 Å². The Morgan fingerprint density at radius 2 is 2.00 bits per heavy atom. The molecule has 1 atom stereocenters. The first-order chi connectivity index (χ1) is 13.0. The highest BCUT2D eigenvalue weighted by molar-refractivity contribution is 7.21. The third kappa shape index (κ3) is 2.56. The largest absolute Gasteiger partial charge is 0.356 e. The Morgan fingerprint density at radius 3 is 2.63 bits per heavy atom. The number of nitrogens with one attached hydrogen (secondary N) is 1. The number of aliphatic hydroxyl groups is 1. The van der Waals surface area contributed by atoms with Crippen LogP contribution < -0.4 is 5.32 Å². The van der Waals surface area contributed by atoms with Crippen molar-refractivity contribution < 1.29 is 19.0 Å². The fourth-order valence-corrected chi connectivity index (χ4v) is 5.85. The van der Waals surface area contributed by atoms with Gasteiger partial charge in [0.05, 0.1) is 17.0 Å². The van der Waals surface area contributed by atoms with Gasteiger partial charge in [-0.3, -0.25) is 10.1 Å². The summed E-state index contributed by atoms with van der Waals surface area (Å²) >= 11 is 1.45. The van der Waals surface area contributed by atoms with Crippen molar-refractivity contribution in [3.63, 3.8) is 0 Å². The molecule has 0 bridgehead atoms. The van der Waals surface area contributed by atoms with Crippen molar-refractivity contribution in [2.24, 2.45) is 0 Å². The maximum Gasteiger partial charge on any atom is 0.264 e. The summed E-state index contributed by atoms with van der Waals surface area (Å²) in [7, 11) is 0. The van der Waals surface area contributed by atoms with E-state index in [-0.39, 0.29) is 17.3 Å². The number of likely N-dealkylation sites (tertiary alicyclic amines) is 1. The van der Waals surface area contributed by atoms with Crippen LogP contribution in [0.25, 0.3) is 10.1 Å². The average Bonchev–Trinajstić information content (AvgIpc) is 3.53. The predicted molar refractivity (Wildman–Crippen MR) is 99.5 cm³/mol. The molecule has 1 aromatic heterocycles. The van der Waals surface area contributed by atoms with E-state index in [9.17, 15) is 14.3 Å². The van der Waals surface area contributed by atoms with E-state index in [0.717, 1.165) is 41.5 Å². The van der Waals surface area contributed by atoms with Crippen LogP contribution in [0.4, 0.5) is 4.39 Å². The lowest BCUT2D eigenvalue weighted by molar-refractivity contribution is -0.0719. The summed E-state index contributed by atoms with van der Waals surface area (Å²) in [6.07, 6.45) is 3.37. The molecule has 1 unspecified atom stereocenters. The van der Waals surface area contributed by atoms with Crippen LogP contribution >= 0.6 is 11.3 Å². The lowest BCUT2D eigenvalue weighted by Crippen LogP contribution is -2.70. The molecule has 0 radical (unpaired) electrons. The van der Waals surface area contributed by atoms with Crippen LogP contribution in [0.5, 0.6) is 0 Å². The Labute approximate surface area is 160 Å². The SMILES string of the molecule is O=C(c1sc2cc(C3CC3)cc(F)c2c1C1CC1)N1CC2(COC(O)N2)C1. The predicted octanol–water partition coefficient (Wildman–Crippen LogP) is 2.89. The first-order valence-electron chi connectivity index (χ1n) is 9.65. The minimum Gasteiger partial charge on any atom is -0.356 e. The van der Waals surface area contributed by atoms with Crippen molar-refractivity contribution in [2.75, 3.05) is 19.7 Å². The number of halogens is 1. The van der Waals surface area contributed by atoms with Crippen molar-refractivity contribution in [3.05, 3.63) is 34.0 Å². The Morgan fingerprint density at radius 1 is 1.26 bits per heavy atom. The summed E-state index contributed by atoms with van der Waals surface area (Å²) in [4.78, 5) is 15.7. The summed E-state index contributed by atoms with van der Waals surface area (Å²) in [6, 6.07) is 3.79. The van der Waals surface area contributed by atoms with Gasteiger partial charge in [0.25, 0.3) is 5.91 Å². The van der Waals surface area contributed by atoms with Gasteiger partial charge < -0.3 is 14.7 Å². The van der Waals surface area contributed by atoms with Gasteiger partial charge in [0, 0.05) is 23.2 Å². The fourth-order valence-electron chi connectivity index (χ4n) is 4.53. The second kappa shape index (κ2) is 5.50. The standard InChI is InChI=1S/C20H21FN2O3S/c21-13-5-12(10-1-2-10)6-14-16(13)15(11-3-4-11)17(27-14)18(24)23-7-20(8-23)9-26-19(25)22-20/h5-6,10-11,19,22,25H,1-4,7-9H2. The Balaban J connectivity index is 1.36. The van der Waals surface area contributed by atoms with E-state index >= 15 is 0 Å². The molecule has 2 aliphatic carbocycles. The number of benzene rings is 1. The van der Waals surface area contributed by atoms with Crippen LogP contribution in [0.3, 0.4) is 0 Å². The summed E-state index contributed by atoms with van der Waals surface area (Å²) < 4.78 is 21.1. The van der Waals surface area contributed by atoms with Gasteiger partial charge in [-0.05, 0) is 60.8 Å². The minimum atomic E-state index is -0.955. The first kappa shape index (κ1) is 16.4. The van der Waals surface area contributed by atoms with E-state index in [0.29, 0.717) is 41.8 Å². The van der Waals surface area contributed by atoms with Gasteiger partial charge in [0.1, 0.15) is 5.82 Å². The van der Waals surface area contributed by atoms with Gasteiger partial charge in [0.15, 0.2) is 0 Å². The highest BCUT2D eigenvalue weighted by atomic mass is 32.1. The number of thiophene rings is 1. The summed E-state index contributed by atoms with van der Waals surface area (Å²) in [5, 5.41) is 13.2. The zero-order chi connectivity index (χ0) is 18.3. The summed E-state index contributed by atoms with van der Waals surface area (Å²) in [5.41, 5.74) is 1.67. The maximum atomic E-state index is 15.0. The molecule has 2 N–H and O–H groups in total. The number of ether oxygens (including phenoxy) is 1. The second-order valence-corrected chi connectivity index (χ2v) is 9.57. The topological polar surface area (TPSA) is 61.8 Å². The Bertz CT molecular complexity index is 960. The van der Waals surface area contributed by atoms with Gasteiger partial charge in [0.2, 0.25) is 6.41 Å². The van der Waals surface area contributed by atoms with Gasteiger partial charge in [-0.1, -0.05) is 0 Å². The molecule has 1 spiro atoms. The Kier molecular flexibility index (Phi) is 3.35. The molecule has 7 heteroatoms. The van der Waals surface area contributed by atoms with E-state index in [1.165, 1.54) is 11.3 Å². The molecule has 2 aromatic rings. The molecule has 4 fully saturated rings. The third-order valence-corrected chi connectivity index (χ3v) is 7.39. The minimum absolute atomic E-state index is 0.0145. The first-order valence-corrected chi connectivity index (χ1v) is 10.5. The number of carbonyl (C=O) groups excluding carboxylic acids is 1. The van der Waals surface area contributed by atoms with E-state index in [1.54, 1.807) is 11.0 Å². The number of hydrogen-bond acceptors (Lipinski definition) is 5. The summed E-state index contributed by atoms with van der Waals surface area (Å²) in [6.45, 7) is 1.42. The molecule has 3 heterocycles. The smallest absolute Gasteiger partial charge is 0.264 e. The molecule has 2 saturated carbocycles. The number of aliphatic hydroxyl groups excluding tert-OH is 1. The van der Waals surface area contributed by atoms with E-state index < -0.39 is 6.41 Å². The van der Waals surface area contributed by atoms with Crippen LogP contribution in [-0.2, 0) is 4.74 Å². The number of nitrogens with zero attached hydrogens (tertiary/aromatic N) is 1. The molecule has 1 amide bonds. The zero-order valence-corrected chi connectivity index (χ0v) is 15.7. The normalized spacial score (nSPS) is 26.7. The van der Waals surface area contributed by atoms with E-state index in [4.69, 9.17) is 4.74 Å². The molecule has 5 nitrogen and oxygen atoms in total. The molecular formula is C20H21FN2O3S. The quantitative estimate of drug-likeness (QED) is 0.849. The molecule has 142 valence electrons. The maximum absolute atomic E-state index is 15.0.